The summed E-state index contributed by atoms with van der Waals surface area (Å²) in [7, 11) is -1.56. The molecule has 1 atom stereocenters. The monoisotopic (exact) mass is 258 g/mol. The Morgan fingerprint density at radius 2 is 1.76 bits per heavy atom. The Hall–Kier alpha value is 0.137. The fourth-order valence-electron chi connectivity index (χ4n) is 1.98. The van der Waals surface area contributed by atoms with Crippen LogP contribution in [0.15, 0.2) is 0 Å². The van der Waals surface area contributed by atoms with Gasteiger partial charge in [-0.15, -0.1) is 0 Å². The van der Waals surface area contributed by atoms with E-state index in [1.807, 2.05) is 0 Å². The molecule has 3 heteroatoms. The van der Waals surface area contributed by atoms with Crippen molar-refractivity contribution in [3.63, 3.8) is 0 Å². The maximum absolute atomic E-state index is 6.31. The molecule has 0 radical (unpaired) electrons. The highest BCUT2D eigenvalue weighted by Crippen LogP contribution is 2.37. The van der Waals surface area contributed by atoms with Crippen molar-refractivity contribution in [2.45, 2.75) is 58.7 Å². The highest BCUT2D eigenvalue weighted by Gasteiger charge is 2.37. The molecule has 0 bridgehead atoms. The molecule has 0 unspecified atom stereocenters. The van der Waals surface area contributed by atoms with E-state index in [0.717, 1.165) is 25.7 Å². The van der Waals surface area contributed by atoms with Crippen LogP contribution in [0.4, 0.5) is 0 Å². The van der Waals surface area contributed by atoms with E-state index < -0.39 is 8.32 Å². The lowest BCUT2D eigenvalue weighted by molar-refractivity contribution is 0.0389. The van der Waals surface area contributed by atoms with Gasteiger partial charge in [-0.2, -0.15) is 0 Å². The third-order valence-electron chi connectivity index (χ3n) is 4.58. The van der Waals surface area contributed by atoms with Crippen LogP contribution < -0.4 is 0 Å². The lowest BCUT2D eigenvalue weighted by Gasteiger charge is -2.38. The van der Waals surface area contributed by atoms with Gasteiger partial charge in [0.05, 0.1) is 0 Å². The lowest BCUT2D eigenvalue weighted by Crippen LogP contribution is -2.42. The van der Waals surface area contributed by atoms with Gasteiger partial charge in [0.25, 0.3) is 0 Å². The summed E-state index contributed by atoms with van der Waals surface area (Å²) in [6.07, 6.45) is 2.42. The molecule has 17 heavy (non-hydrogen) atoms. The standard InChI is InChI=1S/C14H30O2Si/c1-12(13-7-9-15-10-8-13)11-16-17(5,6)14(2,3)4/h12-13H,7-11H2,1-6H3/t12-/m0/s1. The largest absolute Gasteiger partial charge is 0.417 e. The van der Waals surface area contributed by atoms with Crippen molar-refractivity contribution in [3.05, 3.63) is 0 Å². The summed E-state index contributed by atoms with van der Waals surface area (Å²) in [5.41, 5.74) is 0. The average Bonchev–Trinajstić information content (AvgIpc) is 2.25. The van der Waals surface area contributed by atoms with E-state index >= 15 is 0 Å². The Labute approximate surface area is 108 Å². The number of ether oxygens (including phenoxy) is 1. The molecule has 0 aromatic heterocycles. The van der Waals surface area contributed by atoms with Crippen LogP contribution in [-0.2, 0) is 9.16 Å². The minimum absolute atomic E-state index is 0.322. The SMILES string of the molecule is C[C@@H](CO[Si](C)(C)C(C)(C)C)C1CCOCC1. The van der Waals surface area contributed by atoms with E-state index in [1.54, 1.807) is 0 Å². The van der Waals surface area contributed by atoms with Gasteiger partial charge >= 0.3 is 0 Å². The van der Waals surface area contributed by atoms with Crippen molar-refractivity contribution in [3.8, 4) is 0 Å². The van der Waals surface area contributed by atoms with Crippen LogP contribution in [0.1, 0.15) is 40.5 Å². The van der Waals surface area contributed by atoms with E-state index in [1.165, 1.54) is 12.8 Å². The first kappa shape index (κ1) is 15.2. The van der Waals surface area contributed by atoms with Crippen molar-refractivity contribution in [2.24, 2.45) is 11.8 Å². The molecular formula is C14H30O2Si. The molecule has 0 aliphatic carbocycles. The molecule has 102 valence electrons. The number of hydrogen-bond acceptors (Lipinski definition) is 2. The van der Waals surface area contributed by atoms with E-state index in [2.05, 4.69) is 40.8 Å². The second-order valence-corrected chi connectivity index (χ2v) is 11.8. The molecule has 0 aromatic carbocycles. The van der Waals surface area contributed by atoms with Crippen molar-refractivity contribution in [1.82, 2.24) is 0 Å². The quantitative estimate of drug-likeness (QED) is 0.708. The zero-order valence-electron chi connectivity index (χ0n) is 12.5. The van der Waals surface area contributed by atoms with Crippen LogP contribution in [-0.4, -0.2) is 28.1 Å². The summed E-state index contributed by atoms with van der Waals surface area (Å²) < 4.78 is 11.7. The Balaban J connectivity index is 2.39. The van der Waals surface area contributed by atoms with E-state index in [9.17, 15) is 0 Å². The topological polar surface area (TPSA) is 18.5 Å². The van der Waals surface area contributed by atoms with Crippen molar-refractivity contribution in [2.75, 3.05) is 19.8 Å². The second-order valence-electron chi connectivity index (χ2n) is 7.00. The van der Waals surface area contributed by atoms with Crippen LogP contribution in [0.2, 0.25) is 18.1 Å². The highest BCUT2D eigenvalue weighted by molar-refractivity contribution is 6.74. The Bertz CT molecular complexity index is 227. The van der Waals surface area contributed by atoms with Gasteiger partial charge in [-0.25, -0.2) is 0 Å². The third kappa shape index (κ3) is 4.38. The van der Waals surface area contributed by atoms with Gasteiger partial charge in [0.15, 0.2) is 8.32 Å². The van der Waals surface area contributed by atoms with Crippen LogP contribution in [0.25, 0.3) is 0 Å². The minimum Gasteiger partial charge on any atom is -0.417 e. The molecule has 0 saturated carbocycles. The molecule has 1 rings (SSSR count). The Kier molecular flexibility index (Phi) is 5.23. The molecular weight excluding hydrogens is 228 g/mol. The highest BCUT2D eigenvalue weighted by atomic mass is 28.4. The summed E-state index contributed by atoms with van der Waals surface area (Å²) in [5, 5.41) is 0.322. The Morgan fingerprint density at radius 3 is 2.24 bits per heavy atom. The predicted octanol–water partition coefficient (Wildman–Crippen LogP) is 4.07. The smallest absolute Gasteiger partial charge is 0.191 e. The molecule has 1 aliphatic heterocycles. The van der Waals surface area contributed by atoms with E-state index in [4.69, 9.17) is 9.16 Å². The predicted molar refractivity (Wildman–Crippen MR) is 75.9 cm³/mol. The summed E-state index contributed by atoms with van der Waals surface area (Å²) >= 11 is 0. The van der Waals surface area contributed by atoms with Gasteiger partial charge in [0.1, 0.15) is 0 Å². The van der Waals surface area contributed by atoms with Crippen LogP contribution in [0.5, 0.6) is 0 Å². The zero-order chi connectivity index (χ0) is 13.1. The average molecular weight is 258 g/mol. The normalized spacial score (nSPS) is 21.5. The maximum atomic E-state index is 6.31. The van der Waals surface area contributed by atoms with Gasteiger partial charge in [0, 0.05) is 19.8 Å². The summed E-state index contributed by atoms with van der Waals surface area (Å²) in [4.78, 5) is 0. The zero-order valence-corrected chi connectivity index (χ0v) is 13.5. The summed E-state index contributed by atoms with van der Waals surface area (Å²) in [5.74, 6) is 1.47. The van der Waals surface area contributed by atoms with Gasteiger partial charge < -0.3 is 9.16 Å². The van der Waals surface area contributed by atoms with Crippen molar-refractivity contribution in [1.29, 1.82) is 0 Å². The van der Waals surface area contributed by atoms with E-state index in [-0.39, 0.29) is 0 Å². The fraction of sp³-hybridized carbons (Fsp3) is 1.00. The molecule has 0 amide bonds. The van der Waals surface area contributed by atoms with E-state index in [0.29, 0.717) is 11.0 Å². The van der Waals surface area contributed by atoms with Crippen molar-refractivity contribution < 1.29 is 9.16 Å². The number of rotatable bonds is 4. The Morgan fingerprint density at radius 1 is 1.24 bits per heavy atom. The van der Waals surface area contributed by atoms with Gasteiger partial charge in [-0.05, 0) is 42.8 Å². The molecule has 0 N–H and O–H groups in total. The van der Waals surface area contributed by atoms with Crippen molar-refractivity contribution >= 4 is 8.32 Å². The summed E-state index contributed by atoms with van der Waals surface area (Å²) in [6.45, 7) is 16.7. The van der Waals surface area contributed by atoms with Gasteiger partial charge in [-0.3, -0.25) is 0 Å². The molecule has 1 saturated heterocycles. The minimum atomic E-state index is -1.56. The third-order valence-corrected chi connectivity index (χ3v) is 9.08. The van der Waals surface area contributed by atoms with Crippen LogP contribution in [0, 0.1) is 11.8 Å². The molecule has 1 fully saturated rings. The first-order chi connectivity index (χ1) is 7.74. The molecule has 1 heterocycles. The summed E-state index contributed by atoms with van der Waals surface area (Å²) in [6, 6.07) is 0. The second kappa shape index (κ2) is 5.85. The molecule has 0 aromatic rings. The van der Waals surface area contributed by atoms with Gasteiger partial charge in [-0.1, -0.05) is 27.7 Å². The molecule has 1 aliphatic rings. The fourth-order valence-corrected chi connectivity index (χ4v) is 3.09. The first-order valence-electron chi connectivity index (χ1n) is 6.96. The van der Waals surface area contributed by atoms with Crippen LogP contribution in [0.3, 0.4) is 0 Å². The first-order valence-corrected chi connectivity index (χ1v) is 9.86. The van der Waals surface area contributed by atoms with Crippen LogP contribution >= 0.6 is 0 Å². The molecule has 0 spiro atoms. The lowest BCUT2D eigenvalue weighted by atomic mass is 9.88. The maximum Gasteiger partial charge on any atom is 0.191 e. The van der Waals surface area contributed by atoms with Gasteiger partial charge in [0.2, 0.25) is 0 Å². The number of hydrogen-bond donors (Lipinski definition) is 0. The molecule has 2 nitrogen and oxygen atoms in total.